The monoisotopic (exact) mass is 278 g/mol. The lowest BCUT2D eigenvalue weighted by Crippen LogP contribution is -2.47. The Bertz CT molecular complexity index is 514. The molecule has 0 spiro atoms. The largest absolute Gasteiger partial charge is 0.481 e. The molecule has 1 aromatic heterocycles. The van der Waals surface area contributed by atoms with Crippen LogP contribution in [-0.4, -0.2) is 35.1 Å². The normalized spacial score (nSPS) is 25.2. The number of amides is 1. The van der Waals surface area contributed by atoms with Crippen molar-refractivity contribution in [3.63, 3.8) is 0 Å². The summed E-state index contributed by atoms with van der Waals surface area (Å²) in [4.78, 5) is 27.4. The van der Waals surface area contributed by atoms with Crippen molar-refractivity contribution in [3.8, 4) is 5.88 Å². The van der Waals surface area contributed by atoms with Crippen LogP contribution in [0, 0.1) is 5.41 Å². The molecule has 0 saturated heterocycles. The van der Waals surface area contributed by atoms with Crippen LogP contribution < -0.4 is 10.1 Å². The number of carbonyl (C=O) groups excluding carboxylic acids is 1. The standard InChI is InChI=1S/C14H18N2O4/c1-14(13(18)19)7-3-4-10(14)16-12(17)9-5-6-11(20-2)15-8-9/h5-6,8,10H,3-4,7H2,1-2H3,(H,16,17)(H,18,19). The van der Waals surface area contributed by atoms with Crippen LogP contribution in [0.15, 0.2) is 18.3 Å². The van der Waals surface area contributed by atoms with Crippen molar-refractivity contribution in [2.45, 2.75) is 32.2 Å². The molecular formula is C14H18N2O4. The first-order valence-corrected chi connectivity index (χ1v) is 6.51. The highest BCUT2D eigenvalue weighted by atomic mass is 16.5. The van der Waals surface area contributed by atoms with Crippen LogP contribution in [0.4, 0.5) is 0 Å². The van der Waals surface area contributed by atoms with E-state index < -0.39 is 11.4 Å². The summed E-state index contributed by atoms with van der Waals surface area (Å²) in [6.45, 7) is 1.68. The molecule has 0 bridgehead atoms. The maximum atomic E-state index is 12.1. The number of ether oxygens (including phenoxy) is 1. The van der Waals surface area contributed by atoms with Crippen molar-refractivity contribution in [2.24, 2.45) is 5.41 Å². The van der Waals surface area contributed by atoms with Gasteiger partial charge < -0.3 is 15.2 Å². The third-order valence-corrected chi connectivity index (χ3v) is 3.96. The highest BCUT2D eigenvalue weighted by Gasteiger charge is 2.45. The number of hydrogen-bond donors (Lipinski definition) is 2. The van der Waals surface area contributed by atoms with Gasteiger partial charge in [0.2, 0.25) is 5.88 Å². The van der Waals surface area contributed by atoms with Crippen molar-refractivity contribution < 1.29 is 19.4 Å². The van der Waals surface area contributed by atoms with Crippen molar-refractivity contribution in [3.05, 3.63) is 23.9 Å². The molecule has 1 fully saturated rings. The van der Waals surface area contributed by atoms with Crippen molar-refractivity contribution in [2.75, 3.05) is 7.11 Å². The lowest BCUT2D eigenvalue weighted by Gasteiger charge is -2.27. The molecule has 0 radical (unpaired) electrons. The molecule has 20 heavy (non-hydrogen) atoms. The molecule has 1 saturated carbocycles. The van der Waals surface area contributed by atoms with E-state index in [0.717, 1.165) is 6.42 Å². The number of carboxylic acids is 1. The fourth-order valence-corrected chi connectivity index (χ4v) is 2.53. The van der Waals surface area contributed by atoms with Crippen LogP contribution in [-0.2, 0) is 4.79 Å². The maximum absolute atomic E-state index is 12.1. The molecule has 108 valence electrons. The fourth-order valence-electron chi connectivity index (χ4n) is 2.53. The predicted octanol–water partition coefficient (Wildman–Crippen LogP) is 1.46. The first kappa shape index (κ1) is 14.3. The van der Waals surface area contributed by atoms with Gasteiger partial charge in [0.25, 0.3) is 5.91 Å². The smallest absolute Gasteiger partial charge is 0.311 e. The molecule has 1 aliphatic rings. The lowest BCUT2D eigenvalue weighted by atomic mass is 9.85. The van der Waals surface area contributed by atoms with Crippen molar-refractivity contribution >= 4 is 11.9 Å². The number of hydrogen-bond acceptors (Lipinski definition) is 4. The Hall–Kier alpha value is -2.11. The zero-order valence-electron chi connectivity index (χ0n) is 11.5. The minimum Gasteiger partial charge on any atom is -0.481 e. The summed E-state index contributed by atoms with van der Waals surface area (Å²) in [7, 11) is 1.50. The quantitative estimate of drug-likeness (QED) is 0.870. The van der Waals surface area contributed by atoms with Crippen molar-refractivity contribution in [1.82, 2.24) is 10.3 Å². The van der Waals surface area contributed by atoms with Gasteiger partial charge in [0, 0.05) is 18.3 Å². The van der Waals surface area contributed by atoms with Crippen molar-refractivity contribution in [1.29, 1.82) is 0 Å². The zero-order valence-corrected chi connectivity index (χ0v) is 11.5. The lowest BCUT2D eigenvalue weighted by molar-refractivity contribution is -0.148. The van der Waals surface area contributed by atoms with E-state index in [-0.39, 0.29) is 11.9 Å². The average Bonchev–Trinajstić information content (AvgIpc) is 2.81. The fraction of sp³-hybridized carbons (Fsp3) is 0.500. The van der Waals surface area contributed by atoms with Gasteiger partial charge in [-0.25, -0.2) is 4.98 Å². The number of pyridine rings is 1. The van der Waals surface area contributed by atoms with E-state index in [1.807, 2.05) is 0 Å². The van der Waals surface area contributed by atoms with Gasteiger partial charge in [-0.2, -0.15) is 0 Å². The number of rotatable bonds is 4. The molecule has 1 heterocycles. The molecule has 0 aromatic carbocycles. The first-order chi connectivity index (χ1) is 9.47. The van der Waals surface area contributed by atoms with Gasteiger partial charge in [-0.3, -0.25) is 9.59 Å². The Labute approximate surface area is 117 Å². The second kappa shape index (κ2) is 5.48. The molecule has 2 atom stereocenters. The Kier molecular flexibility index (Phi) is 3.92. The molecular weight excluding hydrogens is 260 g/mol. The van der Waals surface area contributed by atoms with E-state index in [0.29, 0.717) is 24.3 Å². The second-order valence-electron chi connectivity index (χ2n) is 5.23. The van der Waals surface area contributed by atoms with E-state index in [4.69, 9.17) is 4.74 Å². The molecule has 6 heteroatoms. The predicted molar refractivity (Wildman–Crippen MR) is 71.6 cm³/mol. The minimum atomic E-state index is -0.893. The number of nitrogens with one attached hydrogen (secondary N) is 1. The van der Waals surface area contributed by atoms with Gasteiger partial charge >= 0.3 is 5.97 Å². The number of methoxy groups -OCH3 is 1. The molecule has 1 amide bonds. The Morgan fingerprint density at radius 3 is 2.80 bits per heavy atom. The third kappa shape index (κ3) is 2.59. The highest BCUT2D eigenvalue weighted by molar-refractivity contribution is 5.94. The van der Waals surface area contributed by atoms with Gasteiger partial charge in [-0.05, 0) is 25.8 Å². The average molecular weight is 278 g/mol. The summed E-state index contributed by atoms with van der Waals surface area (Å²) in [5.41, 5.74) is -0.499. The molecule has 2 rings (SSSR count). The van der Waals surface area contributed by atoms with Crippen LogP contribution in [0.25, 0.3) is 0 Å². The second-order valence-corrected chi connectivity index (χ2v) is 5.23. The van der Waals surface area contributed by atoms with E-state index >= 15 is 0 Å². The molecule has 1 aromatic rings. The van der Waals surface area contributed by atoms with Gasteiger partial charge in [-0.15, -0.1) is 0 Å². The molecule has 2 N–H and O–H groups in total. The summed E-state index contributed by atoms with van der Waals surface area (Å²) >= 11 is 0. The summed E-state index contributed by atoms with van der Waals surface area (Å²) in [6.07, 6.45) is 3.47. The summed E-state index contributed by atoms with van der Waals surface area (Å²) in [5, 5.41) is 12.1. The minimum absolute atomic E-state index is 0.306. The van der Waals surface area contributed by atoms with E-state index in [1.54, 1.807) is 19.1 Å². The van der Waals surface area contributed by atoms with Gasteiger partial charge in [0.15, 0.2) is 0 Å². The molecule has 6 nitrogen and oxygen atoms in total. The van der Waals surface area contributed by atoms with Gasteiger partial charge in [0.1, 0.15) is 0 Å². The SMILES string of the molecule is COc1ccc(C(=O)NC2CCCC2(C)C(=O)O)cn1. The van der Waals surface area contributed by atoms with Crippen LogP contribution in [0.2, 0.25) is 0 Å². The highest BCUT2D eigenvalue weighted by Crippen LogP contribution is 2.38. The Morgan fingerprint density at radius 2 is 2.25 bits per heavy atom. The maximum Gasteiger partial charge on any atom is 0.311 e. The summed E-state index contributed by atoms with van der Waals surface area (Å²) < 4.78 is 4.93. The van der Waals surface area contributed by atoms with E-state index in [9.17, 15) is 14.7 Å². The first-order valence-electron chi connectivity index (χ1n) is 6.51. The van der Waals surface area contributed by atoms with Crippen LogP contribution in [0.1, 0.15) is 36.5 Å². The van der Waals surface area contributed by atoms with Crippen LogP contribution >= 0.6 is 0 Å². The number of carbonyl (C=O) groups is 2. The third-order valence-electron chi connectivity index (χ3n) is 3.96. The summed E-state index contributed by atoms with van der Waals surface area (Å²) in [6, 6.07) is 2.85. The van der Waals surface area contributed by atoms with Gasteiger partial charge in [-0.1, -0.05) is 6.42 Å². The zero-order chi connectivity index (χ0) is 14.8. The summed E-state index contributed by atoms with van der Waals surface area (Å²) in [5.74, 6) is -0.745. The number of nitrogens with zero attached hydrogens (tertiary/aromatic N) is 1. The molecule has 1 aliphatic carbocycles. The van der Waals surface area contributed by atoms with E-state index in [2.05, 4.69) is 10.3 Å². The van der Waals surface area contributed by atoms with E-state index in [1.165, 1.54) is 13.3 Å². The van der Waals surface area contributed by atoms with Crippen LogP contribution in [0.5, 0.6) is 5.88 Å². The molecule has 0 aliphatic heterocycles. The molecule has 2 unspecified atom stereocenters. The Morgan fingerprint density at radius 1 is 1.50 bits per heavy atom. The van der Waals surface area contributed by atoms with Gasteiger partial charge in [0.05, 0.1) is 18.1 Å². The number of carboxylic acid groups (broad SMARTS) is 1. The number of aromatic nitrogens is 1. The number of aliphatic carboxylic acids is 1. The Balaban J connectivity index is 2.09. The topological polar surface area (TPSA) is 88.5 Å². The van der Waals surface area contributed by atoms with Crippen LogP contribution in [0.3, 0.4) is 0 Å².